The molecule has 21 heavy (non-hydrogen) atoms. The minimum absolute atomic E-state index is 0.0403. The first kappa shape index (κ1) is 17.9. The van der Waals surface area contributed by atoms with Gasteiger partial charge in [0.15, 0.2) is 0 Å². The summed E-state index contributed by atoms with van der Waals surface area (Å²) >= 11 is 9.13. The fourth-order valence-corrected chi connectivity index (χ4v) is 2.90. The SMILES string of the molecule is CCCC(CCBr)CNC(=O)c1ccc(Cl)cc1[N+](=O)[O-]. The van der Waals surface area contributed by atoms with Crippen molar-refractivity contribution in [3.63, 3.8) is 0 Å². The summed E-state index contributed by atoms with van der Waals surface area (Å²) in [5.74, 6) is -0.0706. The molecule has 0 aliphatic carbocycles. The van der Waals surface area contributed by atoms with Crippen LogP contribution in [0.15, 0.2) is 18.2 Å². The number of rotatable bonds is 8. The van der Waals surface area contributed by atoms with E-state index in [2.05, 4.69) is 28.2 Å². The lowest BCUT2D eigenvalue weighted by Crippen LogP contribution is -2.30. The van der Waals surface area contributed by atoms with Gasteiger partial charge in [-0.1, -0.05) is 40.9 Å². The molecule has 116 valence electrons. The highest BCUT2D eigenvalue weighted by atomic mass is 79.9. The van der Waals surface area contributed by atoms with E-state index in [-0.39, 0.29) is 16.3 Å². The van der Waals surface area contributed by atoms with Crippen molar-refractivity contribution in [2.24, 2.45) is 5.92 Å². The van der Waals surface area contributed by atoms with Gasteiger partial charge in [0.2, 0.25) is 0 Å². The summed E-state index contributed by atoms with van der Waals surface area (Å²) in [6.07, 6.45) is 3.00. The summed E-state index contributed by atoms with van der Waals surface area (Å²) in [5.41, 5.74) is -0.231. The van der Waals surface area contributed by atoms with E-state index in [1.54, 1.807) is 0 Å². The molecule has 1 aromatic carbocycles. The summed E-state index contributed by atoms with van der Waals surface area (Å²) < 4.78 is 0. The van der Waals surface area contributed by atoms with Crippen molar-refractivity contribution >= 4 is 39.1 Å². The first-order valence-electron chi connectivity index (χ1n) is 6.77. The molecule has 5 nitrogen and oxygen atoms in total. The van der Waals surface area contributed by atoms with Gasteiger partial charge < -0.3 is 5.32 Å². The number of nitro benzene ring substituents is 1. The minimum Gasteiger partial charge on any atom is -0.352 e. The van der Waals surface area contributed by atoms with Crippen molar-refractivity contribution in [3.8, 4) is 0 Å². The van der Waals surface area contributed by atoms with Crippen LogP contribution in [0, 0.1) is 16.0 Å². The van der Waals surface area contributed by atoms with Crippen LogP contribution in [0.4, 0.5) is 5.69 Å². The molecule has 0 saturated carbocycles. The van der Waals surface area contributed by atoms with Crippen molar-refractivity contribution in [2.45, 2.75) is 26.2 Å². The largest absolute Gasteiger partial charge is 0.352 e. The van der Waals surface area contributed by atoms with Crippen molar-refractivity contribution in [3.05, 3.63) is 38.9 Å². The van der Waals surface area contributed by atoms with Crippen molar-refractivity contribution in [2.75, 3.05) is 11.9 Å². The number of amides is 1. The molecule has 1 aromatic rings. The van der Waals surface area contributed by atoms with Crippen LogP contribution >= 0.6 is 27.5 Å². The Labute approximate surface area is 137 Å². The molecule has 1 rings (SSSR count). The molecule has 7 heteroatoms. The van der Waals surface area contributed by atoms with Gasteiger partial charge in [0.25, 0.3) is 11.6 Å². The Morgan fingerprint density at radius 3 is 2.76 bits per heavy atom. The fraction of sp³-hybridized carbons (Fsp3) is 0.500. The zero-order valence-corrected chi connectivity index (χ0v) is 14.1. The highest BCUT2D eigenvalue weighted by Gasteiger charge is 2.21. The Kier molecular flexibility index (Phi) is 7.67. The van der Waals surface area contributed by atoms with Crippen LogP contribution < -0.4 is 5.32 Å². The van der Waals surface area contributed by atoms with E-state index in [0.717, 1.165) is 24.6 Å². The molecule has 0 aliphatic heterocycles. The van der Waals surface area contributed by atoms with Gasteiger partial charge in [-0.2, -0.15) is 0 Å². The second-order valence-electron chi connectivity index (χ2n) is 4.76. The lowest BCUT2D eigenvalue weighted by atomic mass is 10.0. The Balaban J connectivity index is 2.77. The number of nitrogens with zero attached hydrogens (tertiary/aromatic N) is 1. The highest BCUT2D eigenvalue weighted by Crippen LogP contribution is 2.23. The number of carbonyl (C=O) groups is 1. The lowest BCUT2D eigenvalue weighted by Gasteiger charge is -2.15. The first-order chi connectivity index (χ1) is 9.99. The van der Waals surface area contributed by atoms with Crippen LogP contribution in [0.25, 0.3) is 0 Å². The smallest absolute Gasteiger partial charge is 0.283 e. The second kappa shape index (κ2) is 9.00. The van der Waals surface area contributed by atoms with E-state index in [4.69, 9.17) is 11.6 Å². The Morgan fingerprint density at radius 2 is 2.19 bits per heavy atom. The molecule has 0 radical (unpaired) electrons. The summed E-state index contributed by atoms with van der Waals surface area (Å²) in [6, 6.07) is 4.05. The van der Waals surface area contributed by atoms with Gasteiger partial charge in [0, 0.05) is 23.0 Å². The molecule has 0 heterocycles. The quantitative estimate of drug-likeness (QED) is 0.419. The monoisotopic (exact) mass is 376 g/mol. The normalized spacial score (nSPS) is 12.0. The molecule has 1 unspecified atom stereocenters. The molecule has 0 aromatic heterocycles. The highest BCUT2D eigenvalue weighted by molar-refractivity contribution is 9.09. The van der Waals surface area contributed by atoms with Crippen LogP contribution in [0.5, 0.6) is 0 Å². The molecule has 0 bridgehead atoms. The number of carbonyl (C=O) groups excluding carboxylic acids is 1. The minimum atomic E-state index is -0.594. The summed E-state index contributed by atoms with van der Waals surface area (Å²) in [5, 5.41) is 14.9. The second-order valence-corrected chi connectivity index (χ2v) is 5.99. The van der Waals surface area contributed by atoms with Gasteiger partial charge in [0.1, 0.15) is 5.56 Å². The predicted molar refractivity (Wildman–Crippen MR) is 87.2 cm³/mol. The topological polar surface area (TPSA) is 72.2 Å². The Bertz CT molecular complexity index is 505. The number of hydrogen-bond acceptors (Lipinski definition) is 3. The molecular formula is C14H18BrClN2O3. The van der Waals surface area contributed by atoms with Crippen LogP contribution in [0.2, 0.25) is 5.02 Å². The van der Waals surface area contributed by atoms with Gasteiger partial charge in [-0.25, -0.2) is 0 Å². The third-order valence-electron chi connectivity index (χ3n) is 3.17. The van der Waals surface area contributed by atoms with Gasteiger partial charge in [-0.3, -0.25) is 14.9 Å². The number of alkyl halides is 1. The van der Waals surface area contributed by atoms with E-state index in [0.29, 0.717) is 12.5 Å². The van der Waals surface area contributed by atoms with Gasteiger partial charge in [-0.05, 0) is 30.9 Å². The number of hydrogen-bond donors (Lipinski definition) is 1. The maximum Gasteiger partial charge on any atom is 0.283 e. The summed E-state index contributed by atoms with van der Waals surface area (Å²) in [6.45, 7) is 2.60. The molecule has 0 spiro atoms. The van der Waals surface area contributed by atoms with E-state index < -0.39 is 10.8 Å². The summed E-state index contributed by atoms with van der Waals surface area (Å²) in [7, 11) is 0. The number of nitrogens with one attached hydrogen (secondary N) is 1. The van der Waals surface area contributed by atoms with Crippen molar-refractivity contribution < 1.29 is 9.72 Å². The lowest BCUT2D eigenvalue weighted by molar-refractivity contribution is -0.385. The average Bonchev–Trinajstić information content (AvgIpc) is 2.44. The van der Waals surface area contributed by atoms with E-state index in [1.807, 2.05) is 0 Å². The van der Waals surface area contributed by atoms with E-state index >= 15 is 0 Å². The van der Waals surface area contributed by atoms with Crippen LogP contribution in [0.3, 0.4) is 0 Å². The molecular weight excluding hydrogens is 360 g/mol. The Morgan fingerprint density at radius 1 is 1.48 bits per heavy atom. The van der Waals surface area contributed by atoms with Gasteiger partial charge >= 0.3 is 0 Å². The maximum absolute atomic E-state index is 12.1. The summed E-state index contributed by atoms with van der Waals surface area (Å²) in [4.78, 5) is 22.5. The molecule has 1 N–H and O–H groups in total. The van der Waals surface area contributed by atoms with E-state index in [1.165, 1.54) is 18.2 Å². The standard InChI is InChI=1S/C14H18BrClN2O3/c1-2-3-10(6-7-15)9-17-14(19)12-5-4-11(16)8-13(12)18(20)21/h4-5,8,10H,2-3,6-7,9H2,1H3,(H,17,19). The van der Waals surface area contributed by atoms with Crippen LogP contribution in [-0.4, -0.2) is 22.7 Å². The van der Waals surface area contributed by atoms with Gasteiger partial charge in [-0.15, -0.1) is 0 Å². The number of halogens is 2. The fourth-order valence-electron chi connectivity index (χ4n) is 2.09. The molecule has 0 saturated heterocycles. The molecule has 1 atom stereocenters. The maximum atomic E-state index is 12.1. The first-order valence-corrected chi connectivity index (χ1v) is 8.27. The van der Waals surface area contributed by atoms with Gasteiger partial charge in [0.05, 0.1) is 4.92 Å². The van der Waals surface area contributed by atoms with Crippen molar-refractivity contribution in [1.29, 1.82) is 0 Å². The van der Waals surface area contributed by atoms with Crippen molar-refractivity contribution in [1.82, 2.24) is 5.32 Å². The zero-order chi connectivity index (χ0) is 15.8. The molecule has 0 aliphatic rings. The third-order valence-corrected chi connectivity index (χ3v) is 3.86. The van der Waals surface area contributed by atoms with Crippen LogP contribution in [-0.2, 0) is 0 Å². The third kappa shape index (κ3) is 5.63. The predicted octanol–water partition coefficient (Wildman–Crippen LogP) is 4.18. The number of nitro groups is 1. The molecule has 1 amide bonds. The number of benzene rings is 1. The van der Waals surface area contributed by atoms with E-state index in [9.17, 15) is 14.9 Å². The average molecular weight is 378 g/mol. The zero-order valence-electron chi connectivity index (χ0n) is 11.8. The van der Waals surface area contributed by atoms with Crippen LogP contribution in [0.1, 0.15) is 36.5 Å². The molecule has 0 fully saturated rings. The Hall–Kier alpha value is -1.14.